The molecule has 0 bridgehead atoms. The third-order valence-electron chi connectivity index (χ3n) is 2.26. The van der Waals surface area contributed by atoms with Crippen LogP contribution in [0.3, 0.4) is 0 Å². The second-order valence-electron chi connectivity index (χ2n) is 3.48. The van der Waals surface area contributed by atoms with Gasteiger partial charge in [-0.25, -0.2) is 4.79 Å². The molecule has 0 fully saturated rings. The summed E-state index contributed by atoms with van der Waals surface area (Å²) in [7, 11) is 0. The van der Waals surface area contributed by atoms with E-state index in [1.54, 1.807) is 13.8 Å². The molecule has 0 aliphatic rings. The normalized spacial score (nSPS) is 9.62. The van der Waals surface area contributed by atoms with Gasteiger partial charge in [-0.15, -0.1) is 0 Å². The van der Waals surface area contributed by atoms with Gasteiger partial charge >= 0.3 is 6.03 Å². The van der Waals surface area contributed by atoms with Crippen LogP contribution in [0, 0.1) is 25.2 Å². The van der Waals surface area contributed by atoms with Crippen molar-refractivity contribution in [3.05, 3.63) is 16.9 Å². The zero-order valence-electron chi connectivity index (χ0n) is 9.68. The monoisotopic (exact) mass is 221 g/mol. The van der Waals surface area contributed by atoms with Crippen molar-refractivity contribution in [3.8, 4) is 6.07 Å². The number of carbonyl (C=O) groups excluding carboxylic acids is 1. The van der Waals surface area contributed by atoms with E-state index in [1.165, 1.54) is 0 Å². The van der Waals surface area contributed by atoms with Crippen molar-refractivity contribution in [2.45, 2.75) is 27.2 Å². The van der Waals surface area contributed by atoms with Crippen LogP contribution in [0.4, 0.5) is 10.7 Å². The average Bonchev–Trinajstić information content (AvgIpc) is 2.51. The highest BCUT2D eigenvalue weighted by molar-refractivity contribution is 5.89. The van der Waals surface area contributed by atoms with E-state index >= 15 is 0 Å². The number of nitrogens with zero attached hydrogens (tertiary/aromatic N) is 1. The minimum Gasteiger partial charge on any atom is -0.444 e. The number of hydrogen-bond donors (Lipinski definition) is 2. The highest BCUT2D eigenvalue weighted by Crippen LogP contribution is 2.24. The highest BCUT2D eigenvalue weighted by atomic mass is 16.4. The van der Waals surface area contributed by atoms with Crippen LogP contribution in [0.5, 0.6) is 0 Å². The third-order valence-corrected chi connectivity index (χ3v) is 2.26. The number of carbonyl (C=O) groups is 1. The number of nitrogens with one attached hydrogen (secondary N) is 2. The summed E-state index contributed by atoms with van der Waals surface area (Å²) in [5, 5.41) is 14.1. The Morgan fingerprint density at radius 3 is 2.75 bits per heavy atom. The predicted octanol–water partition coefficient (Wildman–Crippen LogP) is 2.30. The Labute approximate surface area is 94.4 Å². The summed E-state index contributed by atoms with van der Waals surface area (Å²) in [6.45, 7) is 6.09. The number of aryl methyl sites for hydroxylation is 1. The van der Waals surface area contributed by atoms with Gasteiger partial charge < -0.3 is 9.73 Å². The topological polar surface area (TPSA) is 78.1 Å². The molecule has 1 heterocycles. The molecular formula is C11H15N3O2. The largest absolute Gasteiger partial charge is 0.444 e. The summed E-state index contributed by atoms with van der Waals surface area (Å²) in [6.07, 6.45) is 0.856. The highest BCUT2D eigenvalue weighted by Gasteiger charge is 2.15. The first-order valence-electron chi connectivity index (χ1n) is 5.15. The molecule has 5 heteroatoms. The van der Waals surface area contributed by atoms with Crippen LogP contribution in [0.15, 0.2) is 4.42 Å². The minimum absolute atomic E-state index is 0.214. The fourth-order valence-electron chi connectivity index (χ4n) is 1.24. The molecule has 5 nitrogen and oxygen atoms in total. The van der Waals surface area contributed by atoms with Crippen molar-refractivity contribution in [2.75, 3.05) is 11.9 Å². The molecule has 0 atom stereocenters. The second kappa shape index (κ2) is 5.21. The number of hydrogen-bond acceptors (Lipinski definition) is 3. The lowest BCUT2D eigenvalue weighted by atomic mass is 10.2. The number of anilines is 1. The van der Waals surface area contributed by atoms with Crippen molar-refractivity contribution >= 4 is 11.9 Å². The van der Waals surface area contributed by atoms with Crippen molar-refractivity contribution in [1.82, 2.24) is 5.32 Å². The molecule has 0 aromatic carbocycles. The molecule has 2 N–H and O–H groups in total. The van der Waals surface area contributed by atoms with Crippen LogP contribution in [-0.2, 0) is 0 Å². The minimum atomic E-state index is -0.355. The molecule has 0 spiro atoms. The zero-order valence-corrected chi connectivity index (χ0v) is 9.68. The molecule has 1 aromatic heterocycles. The van der Waals surface area contributed by atoms with Crippen molar-refractivity contribution in [2.24, 2.45) is 0 Å². The first kappa shape index (κ1) is 12.1. The van der Waals surface area contributed by atoms with Gasteiger partial charge in [0.25, 0.3) is 0 Å². The maximum absolute atomic E-state index is 11.4. The summed E-state index contributed by atoms with van der Waals surface area (Å²) in [5.74, 6) is 0.855. The van der Waals surface area contributed by atoms with Gasteiger partial charge in [0.1, 0.15) is 17.4 Å². The van der Waals surface area contributed by atoms with E-state index in [4.69, 9.17) is 9.68 Å². The Kier molecular flexibility index (Phi) is 3.95. The Hall–Kier alpha value is -1.96. The number of furan rings is 1. The van der Waals surface area contributed by atoms with Gasteiger partial charge in [-0.05, 0) is 20.3 Å². The van der Waals surface area contributed by atoms with E-state index in [9.17, 15) is 4.79 Å². The van der Waals surface area contributed by atoms with E-state index in [0.717, 1.165) is 12.0 Å². The summed E-state index contributed by atoms with van der Waals surface area (Å²) in [6, 6.07) is 1.66. The second-order valence-corrected chi connectivity index (χ2v) is 3.48. The number of rotatable bonds is 3. The molecule has 0 saturated carbocycles. The van der Waals surface area contributed by atoms with Crippen LogP contribution >= 0.6 is 0 Å². The van der Waals surface area contributed by atoms with Crippen molar-refractivity contribution in [3.63, 3.8) is 0 Å². The van der Waals surface area contributed by atoms with Gasteiger partial charge in [0, 0.05) is 12.1 Å². The SMILES string of the molecule is CCCNC(=O)Nc1oc(C)c(C)c1C#N. The van der Waals surface area contributed by atoms with E-state index in [1.807, 2.05) is 13.0 Å². The lowest BCUT2D eigenvalue weighted by Crippen LogP contribution is -2.29. The Morgan fingerprint density at radius 1 is 1.50 bits per heavy atom. The van der Waals surface area contributed by atoms with E-state index in [-0.39, 0.29) is 11.9 Å². The van der Waals surface area contributed by atoms with Gasteiger partial charge in [-0.1, -0.05) is 6.92 Å². The van der Waals surface area contributed by atoms with Crippen LogP contribution < -0.4 is 10.6 Å². The standard InChI is InChI=1S/C11H15N3O2/c1-4-5-13-11(15)14-10-9(6-12)7(2)8(3)16-10/h4-5H2,1-3H3,(H2,13,14,15). The molecule has 0 saturated heterocycles. The summed E-state index contributed by atoms with van der Waals surface area (Å²) in [5.41, 5.74) is 1.14. The first-order valence-corrected chi connectivity index (χ1v) is 5.15. The van der Waals surface area contributed by atoms with Crippen LogP contribution in [0.25, 0.3) is 0 Å². The van der Waals surface area contributed by atoms with Gasteiger partial charge in [-0.3, -0.25) is 5.32 Å². The van der Waals surface area contributed by atoms with Gasteiger partial charge in [0.15, 0.2) is 0 Å². The fraction of sp³-hybridized carbons (Fsp3) is 0.455. The van der Waals surface area contributed by atoms with Crippen molar-refractivity contribution < 1.29 is 9.21 Å². The first-order chi connectivity index (χ1) is 7.60. The lowest BCUT2D eigenvalue weighted by molar-refractivity contribution is 0.251. The smallest absolute Gasteiger partial charge is 0.321 e. The van der Waals surface area contributed by atoms with Crippen LogP contribution in [0.2, 0.25) is 0 Å². The van der Waals surface area contributed by atoms with Gasteiger partial charge in [0.05, 0.1) is 0 Å². The molecule has 0 aliphatic heterocycles. The Bertz CT molecular complexity index is 429. The lowest BCUT2D eigenvalue weighted by Gasteiger charge is -2.03. The predicted molar refractivity (Wildman–Crippen MR) is 60.2 cm³/mol. The molecule has 86 valence electrons. The molecular weight excluding hydrogens is 206 g/mol. The summed E-state index contributed by atoms with van der Waals surface area (Å²) in [4.78, 5) is 11.4. The van der Waals surface area contributed by atoms with Gasteiger partial charge in [0.2, 0.25) is 5.88 Å². The fourth-order valence-corrected chi connectivity index (χ4v) is 1.24. The van der Waals surface area contributed by atoms with E-state index in [0.29, 0.717) is 17.9 Å². The molecule has 0 radical (unpaired) electrons. The molecule has 16 heavy (non-hydrogen) atoms. The molecule has 1 rings (SSSR count). The number of amides is 2. The maximum atomic E-state index is 11.4. The van der Waals surface area contributed by atoms with Crippen molar-refractivity contribution in [1.29, 1.82) is 5.26 Å². The number of nitriles is 1. The molecule has 1 aromatic rings. The van der Waals surface area contributed by atoms with E-state index < -0.39 is 0 Å². The molecule has 0 unspecified atom stereocenters. The third kappa shape index (κ3) is 2.54. The Balaban J connectivity index is 2.78. The van der Waals surface area contributed by atoms with Crippen LogP contribution in [0.1, 0.15) is 30.2 Å². The molecule has 2 amide bonds. The summed E-state index contributed by atoms with van der Waals surface area (Å²) >= 11 is 0. The number of urea groups is 1. The van der Waals surface area contributed by atoms with Gasteiger partial charge in [-0.2, -0.15) is 5.26 Å². The quantitative estimate of drug-likeness (QED) is 0.822. The summed E-state index contributed by atoms with van der Waals surface area (Å²) < 4.78 is 5.29. The molecule has 0 aliphatic carbocycles. The Morgan fingerprint density at radius 2 is 2.19 bits per heavy atom. The maximum Gasteiger partial charge on any atom is 0.321 e. The van der Waals surface area contributed by atoms with E-state index in [2.05, 4.69) is 10.6 Å². The average molecular weight is 221 g/mol. The zero-order chi connectivity index (χ0) is 12.1. The van der Waals surface area contributed by atoms with Crippen LogP contribution in [-0.4, -0.2) is 12.6 Å².